The summed E-state index contributed by atoms with van der Waals surface area (Å²) in [5.74, 6) is 0.0412. The van der Waals surface area contributed by atoms with Crippen LogP contribution in [0, 0.1) is 0 Å². The van der Waals surface area contributed by atoms with Crippen molar-refractivity contribution in [2.45, 2.75) is 12.8 Å². The zero-order valence-corrected chi connectivity index (χ0v) is 13.0. The number of benzene rings is 1. The third kappa shape index (κ3) is 6.09. The maximum Gasteiger partial charge on any atom is 0.225 e. The Hall–Kier alpha value is -0.810. The van der Waals surface area contributed by atoms with Gasteiger partial charge in [0.15, 0.2) is 0 Å². The van der Waals surface area contributed by atoms with Gasteiger partial charge in [-0.25, -0.2) is 0 Å². The molecule has 0 aromatic heterocycles. The molecule has 0 unspecified atom stereocenters. The second-order valence-corrected chi connectivity index (χ2v) is 5.19. The molecule has 20 heavy (non-hydrogen) atoms. The molecule has 0 bridgehead atoms. The topological polar surface area (TPSA) is 44.4 Å². The number of amides is 1. The maximum absolute atomic E-state index is 11.9. The molecule has 6 heteroatoms. The van der Waals surface area contributed by atoms with E-state index in [0.717, 1.165) is 44.8 Å². The van der Waals surface area contributed by atoms with Crippen molar-refractivity contribution in [1.29, 1.82) is 0 Å². The van der Waals surface area contributed by atoms with Gasteiger partial charge in [-0.2, -0.15) is 0 Å². The quantitative estimate of drug-likeness (QED) is 0.896. The molecule has 0 spiro atoms. The lowest BCUT2D eigenvalue weighted by molar-refractivity contribution is -0.116. The molecule has 1 fully saturated rings. The zero-order chi connectivity index (χ0) is 13.5. The van der Waals surface area contributed by atoms with Gasteiger partial charge in [-0.3, -0.25) is 4.79 Å². The predicted molar refractivity (Wildman–Crippen MR) is 85.9 cm³/mol. The van der Waals surface area contributed by atoms with Crippen LogP contribution in [-0.4, -0.2) is 43.5 Å². The van der Waals surface area contributed by atoms with E-state index in [1.807, 2.05) is 12.1 Å². The van der Waals surface area contributed by atoms with Gasteiger partial charge in [0.2, 0.25) is 5.91 Å². The first-order valence-corrected chi connectivity index (χ1v) is 7.10. The monoisotopic (exact) mass is 317 g/mol. The lowest BCUT2D eigenvalue weighted by Crippen LogP contribution is -2.31. The molecule has 1 aromatic rings. The van der Waals surface area contributed by atoms with Crippen molar-refractivity contribution in [2.75, 3.05) is 38.0 Å². The fourth-order valence-corrected chi connectivity index (χ4v) is 2.36. The van der Waals surface area contributed by atoms with Crippen molar-refractivity contribution in [3.8, 4) is 0 Å². The fourth-order valence-electron chi connectivity index (χ4n) is 2.17. The lowest BCUT2D eigenvalue weighted by Gasteiger charge is -2.18. The number of hydrogen-bond donors (Lipinski definition) is 2. The number of hydrogen-bond acceptors (Lipinski definition) is 3. The molecule has 1 saturated heterocycles. The molecule has 0 atom stereocenters. The number of nitrogens with one attached hydrogen (secondary N) is 2. The Morgan fingerprint density at radius 2 is 2.20 bits per heavy atom. The third-order valence-electron chi connectivity index (χ3n) is 3.20. The lowest BCUT2D eigenvalue weighted by atomic mass is 10.3. The Morgan fingerprint density at radius 3 is 3.00 bits per heavy atom. The van der Waals surface area contributed by atoms with Crippen LogP contribution < -0.4 is 10.6 Å². The summed E-state index contributed by atoms with van der Waals surface area (Å²) in [7, 11) is 0. The number of rotatable bonds is 4. The molecule has 0 saturated carbocycles. The summed E-state index contributed by atoms with van der Waals surface area (Å²) in [5.41, 5.74) is 0.759. The molecular formula is C14H21Cl2N3O. The normalized spacial score (nSPS) is 16.1. The van der Waals surface area contributed by atoms with Crippen LogP contribution in [0.5, 0.6) is 0 Å². The van der Waals surface area contributed by atoms with Gasteiger partial charge in [0.05, 0.1) is 0 Å². The summed E-state index contributed by atoms with van der Waals surface area (Å²) in [5, 5.41) is 6.86. The third-order valence-corrected chi connectivity index (χ3v) is 3.43. The van der Waals surface area contributed by atoms with Crippen LogP contribution in [0.4, 0.5) is 5.69 Å². The van der Waals surface area contributed by atoms with E-state index in [2.05, 4.69) is 15.5 Å². The van der Waals surface area contributed by atoms with Gasteiger partial charge in [0.1, 0.15) is 0 Å². The second kappa shape index (κ2) is 9.19. The Morgan fingerprint density at radius 1 is 1.35 bits per heavy atom. The standard InChI is InChI=1S/C14H20ClN3O.ClH/c15-12-3-1-4-13(11-12)17-14(19)5-9-18-8-2-6-16-7-10-18;/h1,3-4,11,16H,2,5-10H2,(H,17,19);1H. The van der Waals surface area contributed by atoms with Gasteiger partial charge in [0.25, 0.3) is 0 Å². The van der Waals surface area contributed by atoms with Gasteiger partial charge in [-0.15, -0.1) is 12.4 Å². The van der Waals surface area contributed by atoms with E-state index in [0.29, 0.717) is 11.4 Å². The van der Waals surface area contributed by atoms with E-state index in [9.17, 15) is 4.79 Å². The minimum atomic E-state index is 0. The summed E-state index contributed by atoms with van der Waals surface area (Å²) in [4.78, 5) is 14.2. The van der Waals surface area contributed by atoms with Gasteiger partial charge in [-0.1, -0.05) is 17.7 Å². The minimum absolute atomic E-state index is 0. The number of carbonyl (C=O) groups is 1. The first-order valence-electron chi connectivity index (χ1n) is 6.72. The van der Waals surface area contributed by atoms with E-state index < -0.39 is 0 Å². The van der Waals surface area contributed by atoms with E-state index in [-0.39, 0.29) is 18.3 Å². The van der Waals surface area contributed by atoms with Crippen molar-refractivity contribution in [3.63, 3.8) is 0 Å². The second-order valence-electron chi connectivity index (χ2n) is 4.75. The van der Waals surface area contributed by atoms with Crippen LogP contribution in [0.15, 0.2) is 24.3 Å². The smallest absolute Gasteiger partial charge is 0.225 e. The molecule has 0 aliphatic carbocycles. The first-order chi connectivity index (χ1) is 9.24. The minimum Gasteiger partial charge on any atom is -0.326 e. The molecule has 1 heterocycles. The SMILES string of the molecule is Cl.O=C(CCN1CCCNCC1)Nc1cccc(Cl)c1. The summed E-state index contributed by atoms with van der Waals surface area (Å²) < 4.78 is 0. The van der Waals surface area contributed by atoms with E-state index >= 15 is 0 Å². The first kappa shape index (κ1) is 17.2. The number of nitrogens with zero attached hydrogens (tertiary/aromatic N) is 1. The summed E-state index contributed by atoms with van der Waals surface area (Å²) in [6, 6.07) is 7.23. The van der Waals surface area contributed by atoms with Crippen LogP contribution in [0.1, 0.15) is 12.8 Å². The highest BCUT2D eigenvalue weighted by molar-refractivity contribution is 6.30. The molecule has 2 N–H and O–H groups in total. The molecule has 4 nitrogen and oxygen atoms in total. The van der Waals surface area contributed by atoms with Crippen molar-refractivity contribution in [3.05, 3.63) is 29.3 Å². The molecule has 1 aliphatic rings. The van der Waals surface area contributed by atoms with Crippen molar-refractivity contribution < 1.29 is 4.79 Å². The molecule has 2 rings (SSSR count). The van der Waals surface area contributed by atoms with Crippen LogP contribution in [-0.2, 0) is 4.79 Å². The van der Waals surface area contributed by atoms with E-state index in [4.69, 9.17) is 11.6 Å². The Bertz CT molecular complexity index is 421. The maximum atomic E-state index is 11.9. The van der Waals surface area contributed by atoms with E-state index in [1.54, 1.807) is 12.1 Å². The molecule has 1 amide bonds. The molecule has 1 aromatic carbocycles. The van der Waals surface area contributed by atoms with Gasteiger partial charge < -0.3 is 15.5 Å². The van der Waals surface area contributed by atoms with Gasteiger partial charge in [-0.05, 0) is 37.7 Å². The predicted octanol–water partition coefficient (Wildman–Crippen LogP) is 2.39. The van der Waals surface area contributed by atoms with Crippen molar-refractivity contribution in [1.82, 2.24) is 10.2 Å². The van der Waals surface area contributed by atoms with Crippen molar-refractivity contribution in [2.24, 2.45) is 0 Å². The highest BCUT2D eigenvalue weighted by Gasteiger charge is 2.10. The molecule has 1 aliphatic heterocycles. The summed E-state index contributed by atoms with van der Waals surface area (Å²) in [6.45, 7) is 4.98. The Kier molecular flexibility index (Phi) is 7.92. The fraction of sp³-hybridized carbons (Fsp3) is 0.500. The highest BCUT2D eigenvalue weighted by Crippen LogP contribution is 2.15. The molecule has 0 radical (unpaired) electrons. The average Bonchev–Trinajstić information content (AvgIpc) is 2.65. The van der Waals surface area contributed by atoms with Crippen LogP contribution in [0.3, 0.4) is 0 Å². The van der Waals surface area contributed by atoms with Crippen LogP contribution >= 0.6 is 24.0 Å². The summed E-state index contributed by atoms with van der Waals surface area (Å²) >= 11 is 5.88. The van der Waals surface area contributed by atoms with Gasteiger partial charge >= 0.3 is 0 Å². The van der Waals surface area contributed by atoms with Gasteiger partial charge in [0, 0.05) is 36.8 Å². The summed E-state index contributed by atoms with van der Waals surface area (Å²) in [6.07, 6.45) is 1.67. The average molecular weight is 318 g/mol. The number of anilines is 1. The Labute approximate surface area is 131 Å². The van der Waals surface area contributed by atoms with E-state index in [1.165, 1.54) is 0 Å². The largest absolute Gasteiger partial charge is 0.326 e. The molecule has 112 valence electrons. The highest BCUT2D eigenvalue weighted by atomic mass is 35.5. The number of carbonyl (C=O) groups excluding carboxylic acids is 1. The van der Waals surface area contributed by atoms with Crippen LogP contribution in [0.2, 0.25) is 5.02 Å². The molecular weight excluding hydrogens is 297 g/mol. The Balaban J connectivity index is 0.00000200. The van der Waals surface area contributed by atoms with Crippen LogP contribution in [0.25, 0.3) is 0 Å². The van der Waals surface area contributed by atoms with Crippen molar-refractivity contribution >= 4 is 35.6 Å². The zero-order valence-electron chi connectivity index (χ0n) is 11.4. The number of halogens is 2.